The van der Waals surface area contributed by atoms with Gasteiger partial charge >= 0.3 is 0 Å². The molecular weight excluding hydrogens is 426 g/mol. The smallest absolute Gasteiger partial charge is 0.293 e. The molecule has 0 bridgehead atoms. The standard InChI is InChI=1S/C26H36ClNO4/c1-4-17(2)11-7-5-8-12-19-15-18(3)24(32-16-19)22-23(29)21(20-13-9-6-10-14-20)25(27)28(31)26(22)30/h6,9-10,13-14,17-19,24,29,31H,4-5,7-8,11-12,15-16H2,1-3H3/t17?,18-,19-,24-/m1/s1. The van der Waals surface area contributed by atoms with Gasteiger partial charge in [0.15, 0.2) is 5.15 Å². The Morgan fingerprint density at radius 1 is 1.22 bits per heavy atom. The zero-order valence-corrected chi connectivity index (χ0v) is 20.1. The van der Waals surface area contributed by atoms with Crippen LogP contribution in [0.3, 0.4) is 0 Å². The summed E-state index contributed by atoms with van der Waals surface area (Å²) in [4.78, 5) is 12.8. The highest BCUT2D eigenvalue weighted by molar-refractivity contribution is 6.32. The van der Waals surface area contributed by atoms with E-state index in [9.17, 15) is 15.1 Å². The summed E-state index contributed by atoms with van der Waals surface area (Å²) in [6.07, 6.45) is 7.70. The average Bonchev–Trinajstić information content (AvgIpc) is 2.79. The molecule has 176 valence electrons. The molecule has 1 aromatic heterocycles. The minimum Gasteiger partial charge on any atom is -0.507 e. The van der Waals surface area contributed by atoms with Gasteiger partial charge in [0.1, 0.15) is 5.75 Å². The van der Waals surface area contributed by atoms with Crippen molar-refractivity contribution in [1.29, 1.82) is 0 Å². The minimum atomic E-state index is -0.729. The molecule has 0 amide bonds. The SMILES string of the molecule is CCC(C)CCCCC[C@H]1CO[C@@H](c2c(O)c(-c3ccccc3)c(Cl)n(O)c2=O)[C@H](C)C1. The van der Waals surface area contributed by atoms with E-state index in [0.29, 0.717) is 22.8 Å². The van der Waals surface area contributed by atoms with Crippen molar-refractivity contribution in [3.63, 3.8) is 0 Å². The maximum atomic E-state index is 12.8. The van der Waals surface area contributed by atoms with Gasteiger partial charge in [0.05, 0.1) is 23.8 Å². The van der Waals surface area contributed by atoms with E-state index in [0.717, 1.165) is 18.8 Å². The summed E-state index contributed by atoms with van der Waals surface area (Å²) in [7, 11) is 0. The van der Waals surface area contributed by atoms with Crippen LogP contribution in [0.4, 0.5) is 0 Å². The first-order valence-corrected chi connectivity index (χ1v) is 12.3. The average molecular weight is 462 g/mol. The summed E-state index contributed by atoms with van der Waals surface area (Å²) in [6, 6.07) is 9.02. The van der Waals surface area contributed by atoms with Crippen LogP contribution in [0.15, 0.2) is 35.1 Å². The second-order valence-electron chi connectivity index (χ2n) is 9.40. The van der Waals surface area contributed by atoms with E-state index in [1.807, 2.05) is 25.1 Å². The topological polar surface area (TPSA) is 71.7 Å². The fraction of sp³-hybridized carbons (Fsp3) is 0.577. The third kappa shape index (κ3) is 5.49. The monoisotopic (exact) mass is 461 g/mol. The van der Waals surface area contributed by atoms with Gasteiger partial charge in [-0.05, 0) is 36.2 Å². The van der Waals surface area contributed by atoms with Gasteiger partial charge in [-0.2, -0.15) is 0 Å². The number of nitrogens with zero attached hydrogens (tertiary/aromatic N) is 1. The van der Waals surface area contributed by atoms with Gasteiger partial charge in [0.2, 0.25) is 0 Å². The maximum Gasteiger partial charge on any atom is 0.293 e. The highest BCUT2D eigenvalue weighted by Crippen LogP contribution is 2.44. The van der Waals surface area contributed by atoms with E-state index in [1.165, 1.54) is 32.1 Å². The normalized spacial score (nSPS) is 22.1. The molecule has 4 atom stereocenters. The number of rotatable bonds is 9. The van der Waals surface area contributed by atoms with Gasteiger partial charge in [-0.25, -0.2) is 0 Å². The van der Waals surface area contributed by atoms with Crippen LogP contribution in [0.1, 0.15) is 77.4 Å². The Morgan fingerprint density at radius 2 is 1.94 bits per heavy atom. The van der Waals surface area contributed by atoms with E-state index in [1.54, 1.807) is 12.1 Å². The molecule has 32 heavy (non-hydrogen) atoms. The van der Waals surface area contributed by atoms with Gasteiger partial charge in [-0.15, -0.1) is 4.73 Å². The lowest BCUT2D eigenvalue weighted by atomic mass is 9.83. The summed E-state index contributed by atoms with van der Waals surface area (Å²) < 4.78 is 6.54. The number of unbranched alkanes of at least 4 members (excludes halogenated alkanes) is 2. The van der Waals surface area contributed by atoms with Crippen LogP contribution in [-0.2, 0) is 4.74 Å². The van der Waals surface area contributed by atoms with Crippen LogP contribution in [0.25, 0.3) is 11.1 Å². The quantitative estimate of drug-likeness (QED) is 0.244. The lowest BCUT2D eigenvalue weighted by Gasteiger charge is -2.35. The molecule has 0 saturated carbocycles. The highest BCUT2D eigenvalue weighted by Gasteiger charge is 2.35. The Kier molecular flexibility index (Phi) is 8.66. The first-order valence-electron chi connectivity index (χ1n) is 11.9. The number of pyridine rings is 1. The van der Waals surface area contributed by atoms with Crippen molar-refractivity contribution in [2.24, 2.45) is 17.8 Å². The third-order valence-corrected chi connectivity index (χ3v) is 7.24. The largest absolute Gasteiger partial charge is 0.507 e. The van der Waals surface area contributed by atoms with E-state index < -0.39 is 11.7 Å². The Labute approximate surface area is 196 Å². The highest BCUT2D eigenvalue weighted by atomic mass is 35.5. The molecule has 0 radical (unpaired) electrons. The number of hydrogen-bond donors (Lipinski definition) is 2. The Hall–Kier alpha value is -1.98. The van der Waals surface area contributed by atoms with Gasteiger partial charge in [-0.3, -0.25) is 4.79 Å². The third-order valence-electron chi connectivity index (χ3n) is 6.89. The maximum absolute atomic E-state index is 12.8. The Bertz CT molecular complexity index is 943. The van der Waals surface area contributed by atoms with Crippen LogP contribution in [0.5, 0.6) is 5.75 Å². The molecule has 1 fully saturated rings. The number of aromatic nitrogens is 1. The summed E-state index contributed by atoms with van der Waals surface area (Å²) in [6.45, 7) is 7.15. The Balaban J connectivity index is 1.72. The van der Waals surface area contributed by atoms with Gasteiger partial charge in [0.25, 0.3) is 5.56 Å². The van der Waals surface area contributed by atoms with E-state index in [4.69, 9.17) is 16.3 Å². The van der Waals surface area contributed by atoms with Gasteiger partial charge in [0, 0.05) is 0 Å². The number of halogens is 1. The molecule has 0 aliphatic carbocycles. The number of benzene rings is 1. The van der Waals surface area contributed by atoms with Crippen LogP contribution in [-0.4, -0.2) is 21.7 Å². The summed E-state index contributed by atoms with van der Waals surface area (Å²) in [5.74, 6) is 1.08. The van der Waals surface area contributed by atoms with Crippen LogP contribution in [0.2, 0.25) is 5.15 Å². The zero-order chi connectivity index (χ0) is 23.3. The molecule has 1 aliphatic rings. The molecule has 1 aliphatic heterocycles. The molecule has 0 spiro atoms. The summed E-state index contributed by atoms with van der Waals surface area (Å²) in [5.41, 5.74) is 0.212. The molecule has 2 heterocycles. The van der Waals surface area contributed by atoms with Crippen molar-refractivity contribution in [1.82, 2.24) is 4.73 Å². The fourth-order valence-electron chi connectivity index (χ4n) is 4.76. The molecule has 6 heteroatoms. The van der Waals surface area contributed by atoms with Crippen molar-refractivity contribution in [3.05, 3.63) is 51.4 Å². The zero-order valence-electron chi connectivity index (χ0n) is 19.4. The summed E-state index contributed by atoms with van der Waals surface area (Å²) in [5, 5.41) is 21.2. The van der Waals surface area contributed by atoms with Crippen LogP contribution in [0, 0.1) is 17.8 Å². The molecule has 2 N–H and O–H groups in total. The molecule has 5 nitrogen and oxygen atoms in total. The van der Waals surface area contributed by atoms with Crippen LogP contribution < -0.4 is 5.56 Å². The minimum absolute atomic E-state index is 0.0391. The van der Waals surface area contributed by atoms with Crippen molar-refractivity contribution >= 4 is 11.6 Å². The molecule has 2 aromatic rings. The van der Waals surface area contributed by atoms with E-state index in [-0.39, 0.29) is 27.9 Å². The molecule has 1 saturated heterocycles. The summed E-state index contributed by atoms with van der Waals surface area (Å²) >= 11 is 6.23. The predicted octanol–water partition coefficient (Wildman–Crippen LogP) is 6.82. The fourth-order valence-corrected chi connectivity index (χ4v) is 5.03. The predicted molar refractivity (Wildman–Crippen MR) is 129 cm³/mol. The van der Waals surface area contributed by atoms with Gasteiger partial charge in [-0.1, -0.05) is 94.8 Å². The molecule has 1 aromatic carbocycles. The van der Waals surface area contributed by atoms with Crippen molar-refractivity contribution < 1.29 is 15.1 Å². The number of ether oxygens (including phenoxy) is 1. The van der Waals surface area contributed by atoms with E-state index in [2.05, 4.69) is 13.8 Å². The van der Waals surface area contributed by atoms with Crippen molar-refractivity contribution in [2.75, 3.05) is 6.61 Å². The lowest BCUT2D eigenvalue weighted by molar-refractivity contribution is -0.0575. The second kappa shape index (κ2) is 11.2. The Morgan fingerprint density at radius 3 is 2.59 bits per heavy atom. The van der Waals surface area contributed by atoms with E-state index >= 15 is 0 Å². The lowest BCUT2D eigenvalue weighted by Crippen LogP contribution is -2.33. The van der Waals surface area contributed by atoms with Crippen LogP contribution >= 0.6 is 11.6 Å². The molecule has 1 unspecified atom stereocenters. The number of hydrogen-bond acceptors (Lipinski definition) is 4. The first kappa shape index (κ1) is 24.7. The first-order chi connectivity index (χ1) is 15.3. The second-order valence-corrected chi connectivity index (χ2v) is 9.75. The molecule has 3 rings (SSSR count). The van der Waals surface area contributed by atoms with Crippen molar-refractivity contribution in [2.45, 2.75) is 71.8 Å². The van der Waals surface area contributed by atoms with Gasteiger partial charge < -0.3 is 15.1 Å². The molecular formula is C26H36ClNO4. The van der Waals surface area contributed by atoms with Crippen molar-refractivity contribution in [3.8, 4) is 16.9 Å². The number of aromatic hydroxyl groups is 1.